The van der Waals surface area contributed by atoms with Crippen molar-refractivity contribution in [1.29, 1.82) is 0 Å². The summed E-state index contributed by atoms with van der Waals surface area (Å²) in [6.45, 7) is 0.832. The van der Waals surface area contributed by atoms with Crippen molar-refractivity contribution in [3.8, 4) is 0 Å². The zero-order valence-corrected chi connectivity index (χ0v) is 12.1. The molecule has 2 aromatic rings. The molecule has 1 N–H and O–H groups in total. The molecule has 0 aliphatic rings. The van der Waals surface area contributed by atoms with E-state index in [0.717, 1.165) is 15.4 Å². The van der Waals surface area contributed by atoms with Crippen LogP contribution < -0.4 is 5.32 Å². The Bertz CT molecular complexity index is 603. The number of nitrogens with zero attached hydrogens (tertiary/aromatic N) is 1. The zero-order valence-electron chi connectivity index (χ0n) is 9.73. The van der Waals surface area contributed by atoms with Crippen LogP contribution in [0.25, 0.3) is 0 Å². The highest BCUT2D eigenvalue weighted by molar-refractivity contribution is 9.10. The highest BCUT2D eigenvalue weighted by Crippen LogP contribution is 2.23. The molecular weight excluding hydrogens is 335 g/mol. The number of halogens is 2. The van der Waals surface area contributed by atoms with Gasteiger partial charge >= 0.3 is 5.69 Å². The predicted octanol–water partition coefficient (Wildman–Crippen LogP) is 3.85. The summed E-state index contributed by atoms with van der Waals surface area (Å²) in [5, 5.41) is 15.6. The topological polar surface area (TPSA) is 55.2 Å². The van der Waals surface area contributed by atoms with Gasteiger partial charge in [-0.3, -0.25) is 10.1 Å². The Labute approximate surface area is 121 Å². The molecule has 100 valence electrons. The third-order valence-corrected chi connectivity index (χ3v) is 4.47. The van der Waals surface area contributed by atoms with E-state index in [2.05, 4.69) is 21.2 Å². The smallest absolute Gasteiger partial charge is 0.305 e. The number of hydrogen-bond acceptors (Lipinski definition) is 4. The second-order valence-corrected chi connectivity index (χ2v) is 5.66. The van der Waals surface area contributed by atoms with Crippen LogP contribution in [0.15, 0.2) is 34.1 Å². The van der Waals surface area contributed by atoms with E-state index in [4.69, 9.17) is 0 Å². The summed E-state index contributed by atoms with van der Waals surface area (Å²) in [5.41, 5.74) is -0.196. The van der Waals surface area contributed by atoms with Crippen LogP contribution >= 0.6 is 27.3 Å². The monoisotopic (exact) mass is 344 g/mol. The average molecular weight is 345 g/mol. The van der Waals surface area contributed by atoms with E-state index in [9.17, 15) is 14.5 Å². The molecule has 0 spiro atoms. The van der Waals surface area contributed by atoms with Gasteiger partial charge in [-0.15, -0.1) is 11.3 Å². The van der Waals surface area contributed by atoms with Gasteiger partial charge in [-0.2, -0.15) is 4.39 Å². The minimum absolute atomic E-state index is 0.248. The molecule has 7 heteroatoms. The Kier molecular flexibility index (Phi) is 4.62. The van der Waals surface area contributed by atoms with Crippen molar-refractivity contribution >= 4 is 33.0 Å². The highest BCUT2D eigenvalue weighted by Gasteiger charge is 2.16. The normalized spacial score (nSPS) is 10.6. The molecule has 1 aromatic carbocycles. The van der Waals surface area contributed by atoms with E-state index in [-0.39, 0.29) is 6.54 Å². The Morgan fingerprint density at radius 3 is 2.79 bits per heavy atom. The lowest BCUT2D eigenvalue weighted by Crippen LogP contribution is -2.13. The standard InChI is InChI=1S/C12H10BrFN2O2S/c13-9-4-5-19-11(9)7-15-6-8-2-1-3-10(12(8)14)16(17)18/h1-5,15H,6-7H2. The quantitative estimate of drug-likeness (QED) is 0.662. The summed E-state index contributed by atoms with van der Waals surface area (Å²) in [6, 6.07) is 6.13. The fraction of sp³-hybridized carbons (Fsp3) is 0.167. The molecule has 0 radical (unpaired) electrons. The molecule has 0 unspecified atom stereocenters. The molecule has 0 bridgehead atoms. The van der Waals surface area contributed by atoms with Crippen molar-refractivity contribution in [3.05, 3.63) is 60.5 Å². The number of thiophene rings is 1. The zero-order chi connectivity index (χ0) is 13.8. The molecule has 1 heterocycles. The number of benzene rings is 1. The van der Waals surface area contributed by atoms with Crippen molar-refractivity contribution in [2.75, 3.05) is 0 Å². The second kappa shape index (κ2) is 6.23. The van der Waals surface area contributed by atoms with Crippen LogP contribution in [0.4, 0.5) is 10.1 Å². The maximum Gasteiger partial charge on any atom is 0.305 e. The maximum absolute atomic E-state index is 13.8. The van der Waals surface area contributed by atoms with Gasteiger partial charge in [-0.1, -0.05) is 12.1 Å². The van der Waals surface area contributed by atoms with Crippen LogP contribution in [0, 0.1) is 15.9 Å². The SMILES string of the molecule is O=[N+]([O-])c1cccc(CNCc2sccc2Br)c1F. The van der Waals surface area contributed by atoms with Gasteiger partial charge in [0.05, 0.1) is 4.92 Å². The van der Waals surface area contributed by atoms with Gasteiger partial charge < -0.3 is 5.32 Å². The van der Waals surface area contributed by atoms with Crippen molar-refractivity contribution in [2.45, 2.75) is 13.1 Å². The highest BCUT2D eigenvalue weighted by atomic mass is 79.9. The van der Waals surface area contributed by atoms with E-state index < -0.39 is 16.4 Å². The lowest BCUT2D eigenvalue weighted by molar-refractivity contribution is -0.387. The fourth-order valence-corrected chi connectivity index (χ4v) is 3.07. The molecule has 19 heavy (non-hydrogen) atoms. The van der Waals surface area contributed by atoms with Gasteiger partial charge in [0, 0.05) is 34.1 Å². The van der Waals surface area contributed by atoms with Crippen LogP contribution in [0.1, 0.15) is 10.4 Å². The van der Waals surface area contributed by atoms with Gasteiger partial charge in [0.25, 0.3) is 0 Å². The largest absolute Gasteiger partial charge is 0.308 e. The Morgan fingerprint density at radius 1 is 1.37 bits per heavy atom. The van der Waals surface area contributed by atoms with E-state index in [1.165, 1.54) is 6.07 Å². The fourth-order valence-electron chi connectivity index (χ4n) is 1.61. The van der Waals surface area contributed by atoms with E-state index >= 15 is 0 Å². The first kappa shape index (κ1) is 14.1. The van der Waals surface area contributed by atoms with Gasteiger partial charge in [0.2, 0.25) is 5.82 Å². The van der Waals surface area contributed by atoms with Crippen LogP contribution in [0.3, 0.4) is 0 Å². The van der Waals surface area contributed by atoms with E-state index in [1.54, 1.807) is 17.4 Å². The lowest BCUT2D eigenvalue weighted by atomic mass is 10.2. The molecule has 0 saturated heterocycles. The third-order valence-electron chi connectivity index (χ3n) is 2.55. The van der Waals surface area contributed by atoms with Crippen LogP contribution in [0.2, 0.25) is 0 Å². The van der Waals surface area contributed by atoms with Gasteiger partial charge in [0.1, 0.15) is 0 Å². The number of nitro benzene ring substituents is 1. The third kappa shape index (κ3) is 3.37. The first-order valence-electron chi connectivity index (χ1n) is 5.44. The first-order chi connectivity index (χ1) is 9.09. The van der Waals surface area contributed by atoms with E-state index in [1.807, 2.05) is 11.4 Å². The van der Waals surface area contributed by atoms with Gasteiger partial charge in [-0.25, -0.2) is 0 Å². The minimum Gasteiger partial charge on any atom is -0.308 e. The maximum atomic E-state index is 13.8. The molecule has 0 saturated carbocycles. The molecule has 1 aromatic heterocycles. The summed E-state index contributed by atoms with van der Waals surface area (Å²) in [6.07, 6.45) is 0. The molecule has 0 aliphatic heterocycles. The molecular formula is C12H10BrFN2O2S. The summed E-state index contributed by atoms with van der Waals surface area (Å²) in [5.74, 6) is -0.773. The summed E-state index contributed by atoms with van der Waals surface area (Å²) >= 11 is 4.99. The van der Waals surface area contributed by atoms with E-state index in [0.29, 0.717) is 12.1 Å². The summed E-state index contributed by atoms with van der Waals surface area (Å²) in [7, 11) is 0. The minimum atomic E-state index is -0.773. The summed E-state index contributed by atoms with van der Waals surface area (Å²) < 4.78 is 14.8. The van der Waals surface area contributed by atoms with Crippen molar-refractivity contribution in [3.63, 3.8) is 0 Å². The summed E-state index contributed by atoms with van der Waals surface area (Å²) in [4.78, 5) is 11.0. The average Bonchev–Trinajstić information content (AvgIpc) is 2.77. The molecule has 4 nitrogen and oxygen atoms in total. The molecule has 0 atom stereocenters. The Hall–Kier alpha value is -1.31. The van der Waals surface area contributed by atoms with Crippen molar-refractivity contribution in [1.82, 2.24) is 5.32 Å². The lowest BCUT2D eigenvalue weighted by Gasteiger charge is -2.05. The number of nitrogens with one attached hydrogen (secondary N) is 1. The van der Waals surface area contributed by atoms with Crippen LogP contribution in [0.5, 0.6) is 0 Å². The number of nitro groups is 1. The Balaban J connectivity index is 2.02. The number of hydrogen-bond donors (Lipinski definition) is 1. The van der Waals surface area contributed by atoms with Crippen LogP contribution in [-0.4, -0.2) is 4.92 Å². The Morgan fingerprint density at radius 2 is 2.16 bits per heavy atom. The molecule has 0 fully saturated rings. The first-order valence-corrected chi connectivity index (χ1v) is 7.11. The second-order valence-electron chi connectivity index (χ2n) is 3.80. The van der Waals surface area contributed by atoms with Crippen molar-refractivity contribution < 1.29 is 9.31 Å². The van der Waals surface area contributed by atoms with Crippen LogP contribution in [-0.2, 0) is 13.1 Å². The van der Waals surface area contributed by atoms with Crippen molar-refractivity contribution in [2.24, 2.45) is 0 Å². The van der Waals surface area contributed by atoms with Gasteiger partial charge in [0.15, 0.2) is 0 Å². The molecule has 0 amide bonds. The van der Waals surface area contributed by atoms with Gasteiger partial charge in [-0.05, 0) is 27.4 Å². The molecule has 2 rings (SSSR count). The number of rotatable bonds is 5. The predicted molar refractivity (Wildman–Crippen MR) is 75.6 cm³/mol. The molecule has 0 aliphatic carbocycles.